The number of benzene rings is 1. The number of nitrogens with zero attached hydrogens (tertiary/aromatic N) is 2. The molecule has 1 aromatic heterocycles. The quantitative estimate of drug-likeness (QED) is 0.812. The number of rotatable bonds is 3. The summed E-state index contributed by atoms with van der Waals surface area (Å²) in [6.45, 7) is 1.22. The Morgan fingerprint density at radius 3 is 2.76 bits per heavy atom. The summed E-state index contributed by atoms with van der Waals surface area (Å²) in [4.78, 5) is 18.3. The van der Waals surface area contributed by atoms with Crippen molar-refractivity contribution in [2.24, 2.45) is 0 Å². The number of methoxy groups -OCH3 is 1. The van der Waals surface area contributed by atoms with Crippen molar-refractivity contribution in [3.63, 3.8) is 0 Å². The monoisotopic (exact) mass is 280 g/mol. The molecule has 1 aliphatic heterocycles. The molecule has 1 aliphatic rings. The Kier molecular flexibility index (Phi) is 3.69. The van der Waals surface area contributed by atoms with Crippen LogP contribution in [0.25, 0.3) is 6.08 Å². The van der Waals surface area contributed by atoms with Gasteiger partial charge in [-0.1, -0.05) is 18.2 Å². The minimum absolute atomic E-state index is 0.00354. The molecule has 3 rings (SSSR count). The van der Waals surface area contributed by atoms with Crippen LogP contribution in [0.5, 0.6) is 5.75 Å². The molecule has 4 heteroatoms. The van der Waals surface area contributed by atoms with Gasteiger partial charge in [-0.15, -0.1) is 0 Å². The summed E-state index contributed by atoms with van der Waals surface area (Å²) in [6.07, 6.45) is 5.19. The summed E-state index contributed by atoms with van der Waals surface area (Å²) < 4.78 is 5.11. The van der Waals surface area contributed by atoms with Gasteiger partial charge in [0.25, 0.3) is 0 Å². The summed E-state index contributed by atoms with van der Waals surface area (Å²) in [5.74, 6) is 0.809. The lowest BCUT2D eigenvalue weighted by molar-refractivity contribution is -0.126. The fraction of sp³-hybridized carbons (Fsp3) is 0.176. The van der Waals surface area contributed by atoms with E-state index in [0.29, 0.717) is 13.1 Å². The van der Waals surface area contributed by atoms with E-state index in [0.717, 1.165) is 22.6 Å². The second kappa shape index (κ2) is 5.79. The van der Waals surface area contributed by atoms with Crippen molar-refractivity contribution in [2.75, 3.05) is 7.11 Å². The molecule has 4 nitrogen and oxygen atoms in total. The van der Waals surface area contributed by atoms with Gasteiger partial charge in [-0.2, -0.15) is 0 Å². The van der Waals surface area contributed by atoms with Crippen molar-refractivity contribution in [1.82, 2.24) is 9.88 Å². The molecule has 2 aromatic rings. The van der Waals surface area contributed by atoms with E-state index in [1.54, 1.807) is 24.3 Å². The molecule has 0 saturated carbocycles. The van der Waals surface area contributed by atoms with Gasteiger partial charge in [-0.3, -0.25) is 9.78 Å². The number of hydrogen-bond donors (Lipinski definition) is 0. The third-order valence-corrected chi connectivity index (χ3v) is 3.53. The molecule has 0 aliphatic carbocycles. The number of carbonyl (C=O) groups excluding carboxylic acids is 1. The number of hydrogen-bond acceptors (Lipinski definition) is 3. The van der Waals surface area contributed by atoms with Crippen LogP contribution < -0.4 is 4.74 Å². The zero-order valence-corrected chi connectivity index (χ0v) is 11.8. The molecule has 0 radical (unpaired) electrons. The Hall–Kier alpha value is -2.62. The minimum atomic E-state index is 0.00354. The van der Waals surface area contributed by atoms with E-state index >= 15 is 0 Å². The standard InChI is InChI=1S/C17H16N2O2/c1-21-15-7-4-13(5-8-15)6-9-17(20)19-11-14-3-2-10-18-16(14)12-19/h2-10H,11-12H2,1H3/b9-6+. The molecule has 0 atom stereocenters. The number of carbonyl (C=O) groups is 1. The average molecular weight is 280 g/mol. The van der Waals surface area contributed by atoms with Gasteiger partial charge < -0.3 is 9.64 Å². The molecule has 0 fully saturated rings. The van der Waals surface area contributed by atoms with Gasteiger partial charge in [0.15, 0.2) is 0 Å². The molecule has 0 bridgehead atoms. The number of ether oxygens (including phenoxy) is 1. The lowest BCUT2D eigenvalue weighted by atomic mass is 10.2. The van der Waals surface area contributed by atoms with Crippen LogP contribution in [0.3, 0.4) is 0 Å². The third kappa shape index (κ3) is 2.94. The van der Waals surface area contributed by atoms with E-state index in [-0.39, 0.29) is 5.91 Å². The molecular weight excluding hydrogens is 264 g/mol. The van der Waals surface area contributed by atoms with Crippen LogP contribution in [0.2, 0.25) is 0 Å². The Morgan fingerprint density at radius 2 is 2.05 bits per heavy atom. The summed E-state index contributed by atoms with van der Waals surface area (Å²) in [5.41, 5.74) is 3.09. The van der Waals surface area contributed by atoms with Crippen LogP contribution in [0.15, 0.2) is 48.7 Å². The molecular formula is C17H16N2O2. The Morgan fingerprint density at radius 1 is 1.24 bits per heavy atom. The van der Waals surface area contributed by atoms with Gasteiger partial charge in [0, 0.05) is 18.8 Å². The summed E-state index contributed by atoms with van der Waals surface area (Å²) >= 11 is 0. The van der Waals surface area contributed by atoms with Gasteiger partial charge in [-0.05, 0) is 35.4 Å². The van der Waals surface area contributed by atoms with Crippen LogP contribution in [0.4, 0.5) is 0 Å². The van der Waals surface area contributed by atoms with E-state index < -0.39 is 0 Å². The number of aromatic nitrogens is 1. The van der Waals surface area contributed by atoms with Crippen LogP contribution in [0, 0.1) is 0 Å². The number of amides is 1. The van der Waals surface area contributed by atoms with Crippen molar-refractivity contribution < 1.29 is 9.53 Å². The summed E-state index contributed by atoms with van der Waals surface area (Å²) in [7, 11) is 1.63. The largest absolute Gasteiger partial charge is 0.497 e. The Bertz CT molecular complexity index is 652. The average Bonchev–Trinajstić information content (AvgIpc) is 2.97. The highest BCUT2D eigenvalue weighted by Crippen LogP contribution is 2.20. The van der Waals surface area contributed by atoms with E-state index in [1.165, 1.54) is 0 Å². The first-order chi connectivity index (χ1) is 10.3. The Balaban J connectivity index is 1.65. The zero-order valence-electron chi connectivity index (χ0n) is 11.8. The van der Waals surface area contributed by atoms with Crippen LogP contribution in [-0.2, 0) is 17.9 Å². The molecule has 2 heterocycles. The maximum atomic E-state index is 12.2. The predicted molar refractivity (Wildman–Crippen MR) is 80.5 cm³/mol. The van der Waals surface area contributed by atoms with Crippen molar-refractivity contribution in [3.05, 3.63) is 65.5 Å². The fourth-order valence-electron chi connectivity index (χ4n) is 2.34. The van der Waals surface area contributed by atoms with Crippen molar-refractivity contribution in [1.29, 1.82) is 0 Å². The van der Waals surface area contributed by atoms with Crippen molar-refractivity contribution in [2.45, 2.75) is 13.1 Å². The second-order valence-corrected chi connectivity index (χ2v) is 4.91. The highest BCUT2D eigenvalue weighted by Gasteiger charge is 2.22. The molecule has 0 unspecified atom stereocenters. The molecule has 1 aromatic carbocycles. The highest BCUT2D eigenvalue weighted by molar-refractivity contribution is 5.92. The second-order valence-electron chi connectivity index (χ2n) is 4.91. The summed E-state index contributed by atoms with van der Waals surface area (Å²) in [5, 5.41) is 0. The molecule has 1 amide bonds. The highest BCUT2D eigenvalue weighted by atomic mass is 16.5. The third-order valence-electron chi connectivity index (χ3n) is 3.53. The Labute approximate surface area is 123 Å². The van der Waals surface area contributed by atoms with E-state index in [1.807, 2.05) is 42.5 Å². The SMILES string of the molecule is COc1ccc(/C=C/C(=O)N2Cc3cccnc3C2)cc1. The molecule has 106 valence electrons. The van der Waals surface area contributed by atoms with Crippen LogP contribution >= 0.6 is 0 Å². The normalized spacial score (nSPS) is 13.5. The first-order valence-corrected chi connectivity index (χ1v) is 6.80. The van der Waals surface area contributed by atoms with Crippen molar-refractivity contribution in [3.8, 4) is 5.75 Å². The lowest BCUT2D eigenvalue weighted by Gasteiger charge is -2.11. The van der Waals surface area contributed by atoms with E-state index in [4.69, 9.17) is 4.74 Å². The molecule has 0 saturated heterocycles. The number of fused-ring (bicyclic) bond motifs is 1. The van der Waals surface area contributed by atoms with Gasteiger partial charge in [0.1, 0.15) is 5.75 Å². The molecule has 0 spiro atoms. The topological polar surface area (TPSA) is 42.4 Å². The van der Waals surface area contributed by atoms with Crippen LogP contribution in [0.1, 0.15) is 16.8 Å². The summed E-state index contributed by atoms with van der Waals surface area (Å²) in [6, 6.07) is 11.5. The van der Waals surface area contributed by atoms with Gasteiger partial charge in [0.2, 0.25) is 5.91 Å². The van der Waals surface area contributed by atoms with Crippen LogP contribution in [-0.4, -0.2) is 22.9 Å². The first kappa shape index (κ1) is 13.4. The first-order valence-electron chi connectivity index (χ1n) is 6.80. The number of pyridine rings is 1. The lowest BCUT2D eigenvalue weighted by Crippen LogP contribution is -2.23. The van der Waals surface area contributed by atoms with E-state index in [9.17, 15) is 4.79 Å². The molecule has 0 N–H and O–H groups in total. The van der Waals surface area contributed by atoms with Crippen molar-refractivity contribution >= 4 is 12.0 Å². The maximum absolute atomic E-state index is 12.2. The van der Waals surface area contributed by atoms with Gasteiger partial charge in [-0.25, -0.2) is 0 Å². The minimum Gasteiger partial charge on any atom is -0.497 e. The molecule has 21 heavy (non-hydrogen) atoms. The van der Waals surface area contributed by atoms with Gasteiger partial charge >= 0.3 is 0 Å². The zero-order chi connectivity index (χ0) is 14.7. The smallest absolute Gasteiger partial charge is 0.247 e. The predicted octanol–water partition coefficient (Wildman–Crippen LogP) is 2.65. The fourth-order valence-corrected chi connectivity index (χ4v) is 2.34. The van der Waals surface area contributed by atoms with Gasteiger partial charge in [0.05, 0.1) is 19.3 Å². The van der Waals surface area contributed by atoms with E-state index in [2.05, 4.69) is 4.98 Å². The maximum Gasteiger partial charge on any atom is 0.247 e.